The molecule has 0 aliphatic carbocycles. The highest BCUT2D eigenvalue weighted by Gasteiger charge is 2.11. The molecule has 0 aliphatic rings. The van der Waals surface area contributed by atoms with Gasteiger partial charge in [-0.2, -0.15) is 0 Å². The summed E-state index contributed by atoms with van der Waals surface area (Å²) in [5.74, 6) is 1.10. The standard InChI is InChI=1S/C14H20ClNO3/c1-4-5-19-14-12(15)6-11(7-13(14)18-3)9-16-8-10(2)17/h4,6-7,10,16-17H,1,5,8-9H2,2-3H3/t10-/m0/s1. The lowest BCUT2D eigenvalue weighted by atomic mass is 10.2. The van der Waals surface area contributed by atoms with Crippen LogP contribution in [0.4, 0.5) is 0 Å². The first-order valence-corrected chi connectivity index (χ1v) is 6.45. The SMILES string of the molecule is C=CCOc1c(Cl)cc(CNC[C@H](C)O)cc1OC. The molecule has 19 heavy (non-hydrogen) atoms. The molecule has 0 saturated carbocycles. The van der Waals surface area contributed by atoms with Gasteiger partial charge in [0.1, 0.15) is 6.61 Å². The Bertz CT molecular complexity index is 421. The number of benzene rings is 1. The van der Waals surface area contributed by atoms with Gasteiger partial charge in [-0.3, -0.25) is 0 Å². The number of aliphatic hydroxyl groups excluding tert-OH is 1. The van der Waals surface area contributed by atoms with E-state index in [2.05, 4.69) is 11.9 Å². The molecule has 0 aromatic heterocycles. The fourth-order valence-electron chi connectivity index (χ4n) is 1.58. The number of rotatable bonds is 8. The molecule has 0 spiro atoms. The number of aliphatic hydroxyl groups is 1. The van der Waals surface area contributed by atoms with E-state index in [0.717, 1.165) is 5.56 Å². The molecule has 0 amide bonds. The van der Waals surface area contributed by atoms with Crippen LogP contribution in [-0.4, -0.2) is 31.5 Å². The molecule has 1 aromatic rings. The minimum absolute atomic E-state index is 0.371. The molecule has 2 N–H and O–H groups in total. The van der Waals surface area contributed by atoms with E-state index in [-0.39, 0.29) is 6.10 Å². The second kappa shape index (κ2) is 8.04. The molecule has 0 radical (unpaired) electrons. The van der Waals surface area contributed by atoms with Crippen molar-refractivity contribution in [3.63, 3.8) is 0 Å². The normalized spacial score (nSPS) is 12.0. The zero-order valence-electron chi connectivity index (χ0n) is 11.3. The van der Waals surface area contributed by atoms with Crippen LogP contribution in [0.25, 0.3) is 0 Å². The van der Waals surface area contributed by atoms with E-state index in [1.165, 1.54) is 0 Å². The first-order chi connectivity index (χ1) is 9.08. The van der Waals surface area contributed by atoms with E-state index < -0.39 is 0 Å². The number of hydrogen-bond donors (Lipinski definition) is 2. The Kier molecular flexibility index (Phi) is 6.70. The number of nitrogens with one attached hydrogen (secondary N) is 1. The van der Waals surface area contributed by atoms with Crippen molar-refractivity contribution in [3.05, 3.63) is 35.4 Å². The molecule has 0 heterocycles. The van der Waals surface area contributed by atoms with E-state index in [1.54, 1.807) is 20.1 Å². The predicted molar refractivity (Wildman–Crippen MR) is 77.1 cm³/mol. The van der Waals surface area contributed by atoms with E-state index in [1.807, 2.05) is 12.1 Å². The highest BCUT2D eigenvalue weighted by Crippen LogP contribution is 2.36. The number of ether oxygens (including phenoxy) is 2. The summed E-state index contributed by atoms with van der Waals surface area (Å²) >= 11 is 6.17. The zero-order chi connectivity index (χ0) is 14.3. The Hall–Kier alpha value is -1.23. The largest absolute Gasteiger partial charge is 0.493 e. The van der Waals surface area contributed by atoms with Crippen LogP contribution in [0.15, 0.2) is 24.8 Å². The summed E-state index contributed by atoms with van der Waals surface area (Å²) in [5.41, 5.74) is 0.966. The molecule has 0 fully saturated rings. The van der Waals surface area contributed by atoms with Crippen molar-refractivity contribution in [1.82, 2.24) is 5.32 Å². The van der Waals surface area contributed by atoms with Gasteiger partial charge in [-0.05, 0) is 24.6 Å². The van der Waals surface area contributed by atoms with E-state index in [9.17, 15) is 5.11 Å². The first-order valence-electron chi connectivity index (χ1n) is 6.07. The van der Waals surface area contributed by atoms with Crippen molar-refractivity contribution in [2.24, 2.45) is 0 Å². The summed E-state index contributed by atoms with van der Waals surface area (Å²) in [6.45, 7) is 6.81. The topological polar surface area (TPSA) is 50.7 Å². The predicted octanol–water partition coefficient (Wildman–Crippen LogP) is 2.38. The Morgan fingerprint density at radius 2 is 2.26 bits per heavy atom. The van der Waals surface area contributed by atoms with Crippen molar-refractivity contribution in [3.8, 4) is 11.5 Å². The molecule has 1 aromatic carbocycles. The molecule has 106 valence electrons. The van der Waals surface area contributed by atoms with Gasteiger partial charge in [-0.25, -0.2) is 0 Å². The smallest absolute Gasteiger partial charge is 0.180 e. The third-order valence-corrected chi connectivity index (χ3v) is 2.68. The number of halogens is 1. The molecule has 1 atom stereocenters. The molecule has 5 heteroatoms. The third kappa shape index (κ3) is 5.11. The van der Waals surface area contributed by atoms with Gasteiger partial charge in [0.05, 0.1) is 18.2 Å². The molecule has 0 unspecified atom stereocenters. The molecule has 0 saturated heterocycles. The van der Waals surface area contributed by atoms with Crippen molar-refractivity contribution in [2.75, 3.05) is 20.3 Å². The lowest BCUT2D eigenvalue weighted by molar-refractivity contribution is 0.191. The molecule has 1 rings (SSSR count). The molecular formula is C14H20ClNO3. The fourth-order valence-corrected chi connectivity index (χ4v) is 1.87. The van der Waals surface area contributed by atoms with Crippen LogP contribution in [0.2, 0.25) is 5.02 Å². The van der Waals surface area contributed by atoms with Crippen molar-refractivity contribution in [2.45, 2.75) is 19.6 Å². The van der Waals surface area contributed by atoms with E-state index in [4.69, 9.17) is 21.1 Å². The van der Waals surface area contributed by atoms with Crippen LogP contribution in [0.3, 0.4) is 0 Å². The van der Waals surface area contributed by atoms with Crippen LogP contribution in [-0.2, 0) is 6.54 Å². The van der Waals surface area contributed by atoms with Gasteiger partial charge in [0.15, 0.2) is 11.5 Å². The van der Waals surface area contributed by atoms with Gasteiger partial charge >= 0.3 is 0 Å². The van der Waals surface area contributed by atoms with Gasteiger partial charge in [-0.1, -0.05) is 24.3 Å². The minimum atomic E-state index is -0.382. The molecule has 0 bridgehead atoms. The van der Waals surface area contributed by atoms with Crippen LogP contribution >= 0.6 is 11.6 Å². The zero-order valence-corrected chi connectivity index (χ0v) is 12.0. The summed E-state index contributed by atoms with van der Waals surface area (Å²) in [4.78, 5) is 0. The van der Waals surface area contributed by atoms with E-state index >= 15 is 0 Å². The average Bonchev–Trinajstić information content (AvgIpc) is 2.36. The van der Waals surface area contributed by atoms with Gasteiger partial charge in [-0.15, -0.1) is 0 Å². The minimum Gasteiger partial charge on any atom is -0.493 e. The quantitative estimate of drug-likeness (QED) is 0.720. The van der Waals surface area contributed by atoms with E-state index in [0.29, 0.717) is 36.2 Å². The Morgan fingerprint density at radius 1 is 1.53 bits per heavy atom. The Balaban J connectivity index is 2.80. The first kappa shape index (κ1) is 15.8. The second-order valence-corrected chi connectivity index (χ2v) is 4.60. The Labute approximate surface area is 119 Å². The van der Waals surface area contributed by atoms with Crippen LogP contribution < -0.4 is 14.8 Å². The third-order valence-electron chi connectivity index (χ3n) is 2.40. The lowest BCUT2D eigenvalue weighted by Crippen LogP contribution is -2.23. The molecule has 4 nitrogen and oxygen atoms in total. The summed E-state index contributed by atoms with van der Waals surface area (Å²) in [7, 11) is 1.57. The van der Waals surface area contributed by atoms with Crippen molar-refractivity contribution < 1.29 is 14.6 Å². The highest BCUT2D eigenvalue weighted by atomic mass is 35.5. The number of hydrogen-bond acceptors (Lipinski definition) is 4. The Morgan fingerprint density at radius 3 is 2.84 bits per heavy atom. The fraction of sp³-hybridized carbons (Fsp3) is 0.429. The molecule has 0 aliphatic heterocycles. The lowest BCUT2D eigenvalue weighted by Gasteiger charge is -2.14. The summed E-state index contributed by atoms with van der Waals surface area (Å²) in [5, 5.41) is 12.8. The molecular weight excluding hydrogens is 266 g/mol. The van der Waals surface area contributed by atoms with Gasteiger partial charge in [0, 0.05) is 13.1 Å². The highest BCUT2D eigenvalue weighted by molar-refractivity contribution is 6.32. The van der Waals surface area contributed by atoms with Gasteiger partial charge in [0.2, 0.25) is 0 Å². The maximum Gasteiger partial charge on any atom is 0.180 e. The van der Waals surface area contributed by atoms with Crippen LogP contribution in [0, 0.1) is 0 Å². The monoisotopic (exact) mass is 285 g/mol. The summed E-state index contributed by atoms with van der Waals surface area (Å²) in [6, 6.07) is 3.68. The maximum atomic E-state index is 9.18. The number of methoxy groups -OCH3 is 1. The summed E-state index contributed by atoms with van der Waals surface area (Å²) in [6.07, 6.45) is 1.26. The van der Waals surface area contributed by atoms with Crippen molar-refractivity contribution in [1.29, 1.82) is 0 Å². The van der Waals surface area contributed by atoms with Crippen molar-refractivity contribution >= 4 is 11.6 Å². The second-order valence-electron chi connectivity index (χ2n) is 4.19. The average molecular weight is 286 g/mol. The maximum absolute atomic E-state index is 9.18. The van der Waals surface area contributed by atoms with Crippen LogP contribution in [0.1, 0.15) is 12.5 Å². The van der Waals surface area contributed by atoms with Gasteiger partial charge < -0.3 is 19.9 Å². The van der Waals surface area contributed by atoms with Crippen LogP contribution in [0.5, 0.6) is 11.5 Å². The van der Waals surface area contributed by atoms with Gasteiger partial charge in [0.25, 0.3) is 0 Å². The summed E-state index contributed by atoms with van der Waals surface area (Å²) < 4.78 is 10.7.